The highest BCUT2D eigenvalue weighted by molar-refractivity contribution is 14.0. The van der Waals surface area contributed by atoms with Gasteiger partial charge in [-0.15, -0.1) is 24.0 Å². The number of carbonyl (C=O) groups excluding carboxylic acids is 1. The maximum atomic E-state index is 11.8. The Hall–Kier alpha value is -1.25. The van der Waals surface area contributed by atoms with Gasteiger partial charge in [0, 0.05) is 26.2 Å². The van der Waals surface area contributed by atoms with Crippen LogP contribution in [-0.4, -0.2) is 38.0 Å². The number of nitrogens with one attached hydrogen (secondary N) is 3. The fourth-order valence-electron chi connectivity index (χ4n) is 3.41. The first kappa shape index (κ1) is 22.8. The quantitative estimate of drug-likeness (QED) is 0.221. The Labute approximate surface area is 174 Å². The van der Waals surface area contributed by atoms with Crippen molar-refractivity contribution < 1.29 is 9.21 Å². The lowest BCUT2D eigenvalue weighted by molar-refractivity contribution is 0.0926. The van der Waals surface area contributed by atoms with Crippen LogP contribution < -0.4 is 16.0 Å². The van der Waals surface area contributed by atoms with Crippen LogP contribution in [0.5, 0.6) is 0 Å². The van der Waals surface area contributed by atoms with Crippen LogP contribution in [0.2, 0.25) is 0 Å². The van der Waals surface area contributed by atoms with E-state index in [-0.39, 0.29) is 29.9 Å². The zero-order valence-electron chi connectivity index (χ0n) is 16.1. The van der Waals surface area contributed by atoms with Crippen LogP contribution in [-0.2, 0) is 0 Å². The number of amides is 1. The van der Waals surface area contributed by atoms with Crippen molar-refractivity contribution in [2.24, 2.45) is 16.3 Å². The summed E-state index contributed by atoms with van der Waals surface area (Å²) in [4.78, 5) is 16.6. The van der Waals surface area contributed by atoms with Crippen LogP contribution >= 0.6 is 24.0 Å². The van der Waals surface area contributed by atoms with Gasteiger partial charge in [-0.25, -0.2) is 0 Å². The van der Waals surface area contributed by atoms with Gasteiger partial charge in [-0.05, 0) is 49.7 Å². The third-order valence-corrected chi connectivity index (χ3v) is 4.62. The second kappa shape index (κ2) is 11.5. The second-order valence-corrected chi connectivity index (χ2v) is 7.31. The van der Waals surface area contributed by atoms with E-state index in [1.54, 1.807) is 12.1 Å². The number of nitrogens with zero attached hydrogens (tertiary/aromatic N) is 1. The van der Waals surface area contributed by atoms with Gasteiger partial charge in [0.25, 0.3) is 5.91 Å². The molecule has 0 aromatic carbocycles. The Morgan fingerprint density at radius 2 is 2.00 bits per heavy atom. The van der Waals surface area contributed by atoms with Crippen molar-refractivity contribution in [2.75, 3.05) is 26.2 Å². The molecule has 0 bridgehead atoms. The first-order valence-electron chi connectivity index (χ1n) is 9.38. The van der Waals surface area contributed by atoms with E-state index in [2.05, 4.69) is 36.7 Å². The predicted octanol–water partition coefficient (Wildman–Crippen LogP) is 3.40. The van der Waals surface area contributed by atoms with Crippen LogP contribution in [0.25, 0.3) is 0 Å². The molecule has 1 amide bonds. The molecule has 0 saturated heterocycles. The molecule has 7 heteroatoms. The normalized spacial score (nSPS) is 15.8. The zero-order valence-corrected chi connectivity index (χ0v) is 18.5. The average Bonchev–Trinajstić information content (AvgIpc) is 3.07. The van der Waals surface area contributed by atoms with Crippen molar-refractivity contribution in [1.29, 1.82) is 0 Å². The summed E-state index contributed by atoms with van der Waals surface area (Å²) in [5, 5.41) is 9.39. The molecule has 1 saturated carbocycles. The Kier molecular flexibility index (Phi) is 10.0. The third-order valence-electron chi connectivity index (χ3n) is 4.62. The van der Waals surface area contributed by atoms with Gasteiger partial charge in [0.15, 0.2) is 11.7 Å². The van der Waals surface area contributed by atoms with Gasteiger partial charge < -0.3 is 20.4 Å². The number of rotatable bonds is 9. The molecule has 1 heterocycles. The molecule has 1 aliphatic carbocycles. The number of guanidine groups is 1. The molecule has 1 aliphatic rings. The zero-order chi connectivity index (χ0) is 18.1. The standard InChI is InChI=1S/C19H32N4O2.HI/c1-4-20-18(23-14-19(8-6-9-19)13-15(2)3)22-11-10-21-17(24)16-7-5-12-25-16;/h5,7,12,15H,4,6,8-11,13-14H2,1-3H3,(H,21,24)(H2,20,22,23);1H. The molecule has 0 radical (unpaired) electrons. The highest BCUT2D eigenvalue weighted by Gasteiger charge is 2.37. The molecule has 2 rings (SSSR count). The summed E-state index contributed by atoms with van der Waals surface area (Å²) in [6.45, 7) is 9.46. The lowest BCUT2D eigenvalue weighted by Crippen LogP contribution is -2.43. The van der Waals surface area contributed by atoms with Crippen molar-refractivity contribution in [3.63, 3.8) is 0 Å². The average molecular weight is 476 g/mol. The number of hydrogen-bond donors (Lipinski definition) is 3. The van der Waals surface area contributed by atoms with Crippen LogP contribution in [0.1, 0.15) is 57.0 Å². The summed E-state index contributed by atoms with van der Waals surface area (Å²) in [7, 11) is 0. The van der Waals surface area contributed by atoms with Gasteiger partial charge in [0.2, 0.25) is 0 Å². The van der Waals surface area contributed by atoms with Crippen LogP contribution in [0, 0.1) is 11.3 Å². The molecule has 3 N–H and O–H groups in total. The first-order chi connectivity index (χ1) is 12.0. The molecule has 0 atom stereocenters. The van der Waals surface area contributed by atoms with Gasteiger partial charge >= 0.3 is 0 Å². The number of aliphatic imine (C=N–C) groups is 1. The summed E-state index contributed by atoms with van der Waals surface area (Å²) in [5.74, 6) is 1.67. The van der Waals surface area contributed by atoms with Crippen molar-refractivity contribution in [3.05, 3.63) is 24.2 Å². The Bertz CT molecular complexity index is 554. The van der Waals surface area contributed by atoms with E-state index in [0.717, 1.165) is 19.0 Å². The maximum Gasteiger partial charge on any atom is 0.287 e. The summed E-state index contributed by atoms with van der Waals surface area (Å²) >= 11 is 0. The van der Waals surface area contributed by atoms with E-state index in [9.17, 15) is 4.79 Å². The molecular weight excluding hydrogens is 443 g/mol. The SMILES string of the molecule is CCNC(=NCC1(CC(C)C)CCC1)NCCNC(=O)c1ccco1.I. The first-order valence-corrected chi connectivity index (χ1v) is 9.38. The smallest absolute Gasteiger partial charge is 0.287 e. The van der Waals surface area contributed by atoms with Crippen molar-refractivity contribution in [1.82, 2.24) is 16.0 Å². The van der Waals surface area contributed by atoms with Gasteiger partial charge in [0.1, 0.15) is 0 Å². The molecule has 1 fully saturated rings. The van der Waals surface area contributed by atoms with Gasteiger partial charge in [-0.2, -0.15) is 0 Å². The predicted molar refractivity (Wildman–Crippen MR) is 116 cm³/mol. The van der Waals surface area contributed by atoms with E-state index in [1.807, 2.05) is 0 Å². The monoisotopic (exact) mass is 476 g/mol. The molecular formula is C19H33IN4O2. The third kappa shape index (κ3) is 7.17. The molecule has 6 nitrogen and oxygen atoms in total. The van der Waals surface area contributed by atoms with Gasteiger partial charge in [-0.1, -0.05) is 20.3 Å². The Morgan fingerprint density at radius 1 is 1.27 bits per heavy atom. The van der Waals surface area contributed by atoms with E-state index in [1.165, 1.54) is 31.9 Å². The van der Waals surface area contributed by atoms with E-state index >= 15 is 0 Å². The molecule has 1 aromatic rings. The molecule has 26 heavy (non-hydrogen) atoms. The number of carbonyl (C=O) groups is 1. The Balaban J connectivity index is 0.00000338. The minimum absolute atomic E-state index is 0. The van der Waals surface area contributed by atoms with E-state index in [4.69, 9.17) is 9.41 Å². The maximum absolute atomic E-state index is 11.8. The fourth-order valence-corrected chi connectivity index (χ4v) is 3.41. The number of halogens is 1. The minimum Gasteiger partial charge on any atom is -0.459 e. The molecule has 0 aliphatic heterocycles. The topological polar surface area (TPSA) is 78.7 Å². The number of hydrogen-bond acceptors (Lipinski definition) is 3. The summed E-state index contributed by atoms with van der Waals surface area (Å²) < 4.78 is 5.07. The highest BCUT2D eigenvalue weighted by atomic mass is 127. The Morgan fingerprint density at radius 3 is 2.54 bits per heavy atom. The highest BCUT2D eigenvalue weighted by Crippen LogP contribution is 2.46. The second-order valence-electron chi connectivity index (χ2n) is 7.31. The minimum atomic E-state index is -0.195. The number of furan rings is 1. The molecule has 0 spiro atoms. The van der Waals surface area contributed by atoms with Crippen molar-refractivity contribution >= 4 is 35.8 Å². The lowest BCUT2D eigenvalue weighted by Gasteiger charge is -2.42. The van der Waals surface area contributed by atoms with Crippen LogP contribution in [0.4, 0.5) is 0 Å². The van der Waals surface area contributed by atoms with Crippen molar-refractivity contribution in [3.8, 4) is 0 Å². The molecule has 1 aromatic heterocycles. The lowest BCUT2D eigenvalue weighted by atomic mass is 9.64. The fraction of sp³-hybridized carbons (Fsp3) is 0.684. The molecule has 148 valence electrons. The van der Waals surface area contributed by atoms with Crippen LogP contribution in [0.15, 0.2) is 27.8 Å². The van der Waals surface area contributed by atoms with E-state index in [0.29, 0.717) is 30.2 Å². The van der Waals surface area contributed by atoms with Gasteiger partial charge in [-0.3, -0.25) is 9.79 Å². The van der Waals surface area contributed by atoms with Crippen LogP contribution in [0.3, 0.4) is 0 Å². The summed E-state index contributed by atoms with van der Waals surface area (Å²) in [6, 6.07) is 3.36. The van der Waals surface area contributed by atoms with E-state index < -0.39 is 0 Å². The largest absolute Gasteiger partial charge is 0.459 e. The summed E-state index contributed by atoms with van der Waals surface area (Å²) in [5.41, 5.74) is 0.393. The van der Waals surface area contributed by atoms with Gasteiger partial charge in [0.05, 0.1) is 6.26 Å². The summed E-state index contributed by atoms with van der Waals surface area (Å²) in [6.07, 6.45) is 6.64. The molecule has 0 unspecified atom stereocenters. The van der Waals surface area contributed by atoms with Crippen molar-refractivity contribution in [2.45, 2.75) is 46.5 Å².